The summed E-state index contributed by atoms with van der Waals surface area (Å²) in [4.78, 5) is 0. The van der Waals surface area contributed by atoms with Crippen molar-refractivity contribution in [2.24, 2.45) is 0 Å². The second-order valence-corrected chi connectivity index (χ2v) is 8.65. The van der Waals surface area contributed by atoms with E-state index in [4.69, 9.17) is 9.47 Å². The SMILES string of the molecule is CCCCCCCCCCOc1ccc(C(O)(c2ccccc2)c2ccc(OC)cc2)cc1. The summed E-state index contributed by atoms with van der Waals surface area (Å²) in [5, 5.41) is 11.9. The smallest absolute Gasteiger partial charge is 0.140 e. The number of ether oxygens (including phenoxy) is 2. The van der Waals surface area contributed by atoms with Crippen molar-refractivity contribution in [3.8, 4) is 11.5 Å². The Balaban J connectivity index is 1.63. The van der Waals surface area contributed by atoms with Gasteiger partial charge in [0.1, 0.15) is 17.1 Å². The lowest BCUT2D eigenvalue weighted by Crippen LogP contribution is -2.28. The molecule has 3 aromatic rings. The molecule has 0 bridgehead atoms. The van der Waals surface area contributed by atoms with Crippen molar-refractivity contribution in [1.29, 1.82) is 0 Å². The van der Waals surface area contributed by atoms with E-state index in [1.54, 1.807) is 7.11 Å². The van der Waals surface area contributed by atoms with Gasteiger partial charge in [-0.1, -0.05) is 106 Å². The Morgan fingerprint density at radius 3 is 1.64 bits per heavy atom. The molecule has 0 spiro atoms. The highest BCUT2D eigenvalue weighted by Gasteiger charge is 2.33. The molecule has 0 amide bonds. The molecular weight excluding hydrogens is 408 g/mol. The predicted molar refractivity (Wildman–Crippen MR) is 136 cm³/mol. The molecule has 3 heteroatoms. The van der Waals surface area contributed by atoms with E-state index in [-0.39, 0.29) is 0 Å². The maximum absolute atomic E-state index is 11.9. The highest BCUT2D eigenvalue weighted by Crippen LogP contribution is 2.37. The van der Waals surface area contributed by atoms with Gasteiger partial charge in [-0.2, -0.15) is 0 Å². The molecule has 3 rings (SSSR count). The topological polar surface area (TPSA) is 38.7 Å². The molecule has 33 heavy (non-hydrogen) atoms. The third kappa shape index (κ3) is 6.85. The van der Waals surface area contributed by atoms with Crippen molar-refractivity contribution in [2.45, 2.75) is 63.9 Å². The summed E-state index contributed by atoms with van der Waals surface area (Å²) in [6.07, 6.45) is 10.3. The zero-order valence-corrected chi connectivity index (χ0v) is 20.1. The minimum Gasteiger partial charge on any atom is -0.497 e. The Kier molecular flexibility index (Phi) is 9.83. The molecule has 0 fully saturated rings. The van der Waals surface area contributed by atoms with E-state index in [9.17, 15) is 5.11 Å². The number of rotatable bonds is 14. The van der Waals surface area contributed by atoms with Gasteiger partial charge in [0.05, 0.1) is 13.7 Å². The second kappa shape index (κ2) is 13.1. The van der Waals surface area contributed by atoms with Gasteiger partial charge in [-0.3, -0.25) is 0 Å². The van der Waals surface area contributed by atoms with Crippen LogP contribution in [-0.2, 0) is 5.60 Å². The third-order valence-corrected chi connectivity index (χ3v) is 6.24. The van der Waals surface area contributed by atoms with Crippen molar-refractivity contribution >= 4 is 0 Å². The molecule has 0 aliphatic rings. The number of aliphatic hydroxyl groups is 1. The zero-order valence-electron chi connectivity index (χ0n) is 20.1. The van der Waals surface area contributed by atoms with Crippen LogP contribution in [0.25, 0.3) is 0 Å². The van der Waals surface area contributed by atoms with Crippen LogP contribution in [0.1, 0.15) is 75.0 Å². The Morgan fingerprint density at radius 1 is 0.606 bits per heavy atom. The van der Waals surface area contributed by atoms with Crippen molar-refractivity contribution in [3.05, 3.63) is 95.6 Å². The molecule has 0 radical (unpaired) electrons. The van der Waals surface area contributed by atoms with Gasteiger partial charge in [0.25, 0.3) is 0 Å². The van der Waals surface area contributed by atoms with E-state index >= 15 is 0 Å². The van der Waals surface area contributed by atoms with E-state index in [2.05, 4.69) is 6.92 Å². The summed E-state index contributed by atoms with van der Waals surface area (Å²) in [6.45, 7) is 2.99. The molecule has 0 aliphatic heterocycles. The minimum atomic E-state index is -1.26. The standard InChI is InChI=1S/C30H38O3/c1-3-4-5-6-7-8-9-13-24-33-29-22-18-27(19-23-29)30(31,25-14-11-10-12-15-25)26-16-20-28(32-2)21-17-26/h10-12,14-23,31H,3-9,13,24H2,1-2H3. The Hall–Kier alpha value is -2.78. The first-order valence-corrected chi connectivity index (χ1v) is 12.3. The highest BCUT2D eigenvalue weighted by atomic mass is 16.5. The van der Waals surface area contributed by atoms with E-state index in [1.807, 2.05) is 78.9 Å². The average molecular weight is 447 g/mol. The molecule has 0 aliphatic carbocycles. The van der Waals surface area contributed by atoms with Gasteiger partial charge in [-0.05, 0) is 47.4 Å². The largest absolute Gasteiger partial charge is 0.497 e. The van der Waals surface area contributed by atoms with Crippen molar-refractivity contribution < 1.29 is 14.6 Å². The molecule has 0 heterocycles. The zero-order chi connectivity index (χ0) is 23.4. The number of hydrogen-bond donors (Lipinski definition) is 1. The molecule has 1 atom stereocenters. The first-order valence-electron chi connectivity index (χ1n) is 12.3. The van der Waals surface area contributed by atoms with Gasteiger partial charge in [0.15, 0.2) is 0 Å². The van der Waals surface area contributed by atoms with Crippen LogP contribution in [0.5, 0.6) is 11.5 Å². The lowest BCUT2D eigenvalue weighted by molar-refractivity contribution is 0.125. The molecule has 0 saturated carbocycles. The fourth-order valence-corrected chi connectivity index (χ4v) is 4.23. The predicted octanol–water partition coefficient (Wildman–Crippen LogP) is 7.50. The summed E-state index contributed by atoms with van der Waals surface area (Å²) in [7, 11) is 1.64. The Labute approximate surface area is 199 Å². The van der Waals surface area contributed by atoms with Crippen LogP contribution >= 0.6 is 0 Å². The van der Waals surface area contributed by atoms with Gasteiger partial charge in [-0.15, -0.1) is 0 Å². The Morgan fingerprint density at radius 2 is 1.09 bits per heavy atom. The summed E-state index contributed by atoms with van der Waals surface area (Å²) in [6, 6.07) is 25.2. The van der Waals surface area contributed by atoms with Crippen LogP contribution in [0.3, 0.4) is 0 Å². The van der Waals surface area contributed by atoms with Crippen LogP contribution in [-0.4, -0.2) is 18.8 Å². The molecule has 1 unspecified atom stereocenters. The monoisotopic (exact) mass is 446 g/mol. The van der Waals surface area contributed by atoms with E-state index in [1.165, 1.54) is 44.9 Å². The van der Waals surface area contributed by atoms with Crippen molar-refractivity contribution in [3.63, 3.8) is 0 Å². The number of methoxy groups -OCH3 is 1. The minimum absolute atomic E-state index is 0.732. The molecule has 3 nitrogen and oxygen atoms in total. The lowest BCUT2D eigenvalue weighted by Gasteiger charge is -2.30. The number of hydrogen-bond acceptors (Lipinski definition) is 3. The van der Waals surface area contributed by atoms with E-state index in [0.29, 0.717) is 0 Å². The molecule has 0 saturated heterocycles. The van der Waals surface area contributed by atoms with Crippen molar-refractivity contribution in [2.75, 3.05) is 13.7 Å². The van der Waals surface area contributed by atoms with Gasteiger partial charge < -0.3 is 14.6 Å². The summed E-state index contributed by atoms with van der Waals surface area (Å²) in [5.41, 5.74) is 1.16. The van der Waals surface area contributed by atoms with Crippen molar-refractivity contribution in [1.82, 2.24) is 0 Å². The maximum atomic E-state index is 11.9. The maximum Gasteiger partial charge on any atom is 0.140 e. The quantitative estimate of drug-likeness (QED) is 0.206. The Bertz CT molecular complexity index is 919. The second-order valence-electron chi connectivity index (χ2n) is 8.65. The molecular formula is C30H38O3. The van der Waals surface area contributed by atoms with E-state index < -0.39 is 5.60 Å². The first-order chi connectivity index (χ1) is 16.2. The molecule has 3 aromatic carbocycles. The van der Waals surface area contributed by atoms with Gasteiger partial charge >= 0.3 is 0 Å². The van der Waals surface area contributed by atoms with Crippen LogP contribution in [0, 0.1) is 0 Å². The van der Waals surface area contributed by atoms with Gasteiger partial charge in [0.2, 0.25) is 0 Å². The summed E-state index contributed by atoms with van der Waals surface area (Å²) >= 11 is 0. The lowest BCUT2D eigenvalue weighted by atomic mass is 9.80. The van der Waals surface area contributed by atoms with Gasteiger partial charge in [0, 0.05) is 0 Å². The molecule has 0 aromatic heterocycles. The van der Waals surface area contributed by atoms with Crippen LogP contribution in [0.15, 0.2) is 78.9 Å². The van der Waals surface area contributed by atoms with E-state index in [0.717, 1.165) is 41.2 Å². The highest BCUT2D eigenvalue weighted by molar-refractivity contribution is 5.49. The number of benzene rings is 3. The van der Waals surface area contributed by atoms with Crippen LogP contribution in [0.4, 0.5) is 0 Å². The summed E-state index contributed by atoms with van der Waals surface area (Å²) < 4.78 is 11.3. The first kappa shape index (κ1) is 24.9. The number of unbranched alkanes of at least 4 members (excludes halogenated alkanes) is 7. The molecule has 1 N–H and O–H groups in total. The third-order valence-electron chi connectivity index (χ3n) is 6.24. The van der Waals surface area contributed by atoms with Crippen LogP contribution in [0.2, 0.25) is 0 Å². The average Bonchev–Trinajstić information content (AvgIpc) is 2.88. The fraction of sp³-hybridized carbons (Fsp3) is 0.400. The molecule has 176 valence electrons. The van der Waals surface area contributed by atoms with Crippen LogP contribution < -0.4 is 9.47 Å². The van der Waals surface area contributed by atoms with Gasteiger partial charge in [-0.25, -0.2) is 0 Å². The summed E-state index contributed by atoms with van der Waals surface area (Å²) in [5.74, 6) is 1.60. The normalized spacial score (nSPS) is 12.8. The fourth-order valence-electron chi connectivity index (χ4n) is 4.23.